The molecule has 2 nitrogen and oxygen atoms in total. The van der Waals surface area contributed by atoms with Gasteiger partial charge in [0.25, 0.3) is 0 Å². The van der Waals surface area contributed by atoms with Crippen molar-refractivity contribution in [1.82, 2.24) is 9.29 Å². The van der Waals surface area contributed by atoms with Crippen LogP contribution in [0.15, 0.2) is 41.4 Å². The van der Waals surface area contributed by atoms with E-state index < -0.39 is 0 Å². The highest BCUT2D eigenvalue weighted by molar-refractivity contribution is 7.97. The molecule has 0 bridgehead atoms. The Morgan fingerprint density at radius 1 is 1.08 bits per heavy atom. The van der Waals surface area contributed by atoms with Crippen molar-refractivity contribution in [3.05, 3.63) is 53.6 Å². The molecule has 1 aliphatic heterocycles. The Morgan fingerprint density at radius 2 is 1.88 bits per heavy atom. The van der Waals surface area contributed by atoms with Crippen LogP contribution in [0.3, 0.4) is 0 Å². The Balaban J connectivity index is 1.84. The lowest BCUT2D eigenvalue weighted by atomic mass is 9.96. The van der Waals surface area contributed by atoms with Gasteiger partial charge in [0, 0.05) is 18.5 Å². The van der Waals surface area contributed by atoms with Crippen molar-refractivity contribution >= 4 is 22.9 Å². The highest BCUT2D eigenvalue weighted by Gasteiger charge is 2.18. The molecule has 124 valence electrons. The summed E-state index contributed by atoms with van der Waals surface area (Å²) in [4.78, 5) is 3.20. The van der Waals surface area contributed by atoms with Crippen LogP contribution in [0.1, 0.15) is 18.4 Å². The van der Waals surface area contributed by atoms with E-state index in [0.717, 1.165) is 40.2 Å². The number of aromatic nitrogens is 1. The second-order valence-corrected chi connectivity index (χ2v) is 7.35. The smallest absolute Gasteiger partial charge is 0.147 e. The maximum atomic E-state index is 14.4. The number of hydrogen-bond donors (Lipinski definition) is 1. The van der Waals surface area contributed by atoms with Crippen molar-refractivity contribution in [2.75, 3.05) is 13.1 Å². The van der Waals surface area contributed by atoms with Crippen LogP contribution >= 0.6 is 11.9 Å². The van der Waals surface area contributed by atoms with E-state index in [1.165, 1.54) is 31.0 Å². The van der Waals surface area contributed by atoms with Gasteiger partial charge in [-0.3, -0.25) is 0 Å². The average molecular weight is 344 g/mol. The SMILES string of the molecule is Cc1cc(F)c2[nH]c(SN3CCCC3)cc2c1-c1cccc(F)c1. The summed E-state index contributed by atoms with van der Waals surface area (Å²) in [5.74, 6) is -0.553. The zero-order valence-corrected chi connectivity index (χ0v) is 14.2. The monoisotopic (exact) mass is 344 g/mol. The van der Waals surface area contributed by atoms with Gasteiger partial charge < -0.3 is 4.98 Å². The van der Waals surface area contributed by atoms with E-state index >= 15 is 0 Å². The first-order valence-corrected chi connectivity index (χ1v) is 8.90. The minimum absolute atomic E-state index is 0.268. The number of nitrogens with zero attached hydrogens (tertiary/aromatic N) is 1. The maximum Gasteiger partial charge on any atom is 0.147 e. The van der Waals surface area contributed by atoms with E-state index in [1.807, 2.05) is 19.1 Å². The molecule has 1 saturated heterocycles. The molecule has 0 spiro atoms. The third kappa shape index (κ3) is 2.82. The number of fused-ring (bicyclic) bond motifs is 1. The fourth-order valence-corrected chi connectivity index (χ4v) is 4.39. The van der Waals surface area contributed by atoms with Crippen molar-refractivity contribution in [3.8, 4) is 11.1 Å². The van der Waals surface area contributed by atoms with E-state index in [4.69, 9.17) is 0 Å². The summed E-state index contributed by atoms with van der Waals surface area (Å²) in [6, 6.07) is 9.97. The van der Waals surface area contributed by atoms with Crippen LogP contribution in [0.5, 0.6) is 0 Å². The number of benzene rings is 2. The molecule has 0 unspecified atom stereocenters. The highest BCUT2D eigenvalue weighted by Crippen LogP contribution is 2.37. The molecule has 2 aromatic carbocycles. The third-order valence-electron chi connectivity index (χ3n) is 4.44. The van der Waals surface area contributed by atoms with Gasteiger partial charge in [0.15, 0.2) is 0 Å². The fourth-order valence-electron chi connectivity index (χ4n) is 3.36. The van der Waals surface area contributed by atoms with Gasteiger partial charge in [0.1, 0.15) is 11.6 Å². The first-order chi connectivity index (χ1) is 11.6. The van der Waals surface area contributed by atoms with E-state index in [1.54, 1.807) is 18.0 Å². The maximum absolute atomic E-state index is 14.4. The molecule has 24 heavy (non-hydrogen) atoms. The summed E-state index contributed by atoms with van der Waals surface area (Å²) in [6.07, 6.45) is 2.41. The number of aromatic amines is 1. The normalized spacial score (nSPS) is 15.5. The van der Waals surface area contributed by atoms with Gasteiger partial charge in [-0.15, -0.1) is 0 Å². The Morgan fingerprint density at radius 3 is 2.62 bits per heavy atom. The molecule has 0 aliphatic carbocycles. The molecule has 1 N–H and O–H groups in total. The molecule has 2 heterocycles. The van der Waals surface area contributed by atoms with Crippen molar-refractivity contribution in [3.63, 3.8) is 0 Å². The Bertz CT molecular complexity index is 898. The number of H-pyrrole nitrogens is 1. The second-order valence-electron chi connectivity index (χ2n) is 6.21. The van der Waals surface area contributed by atoms with Crippen LogP contribution < -0.4 is 0 Å². The predicted octanol–water partition coefficient (Wildman–Crippen LogP) is 5.52. The Kier molecular flexibility index (Phi) is 4.06. The summed E-state index contributed by atoms with van der Waals surface area (Å²) in [5.41, 5.74) is 2.95. The second kappa shape index (κ2) is 6.22. The molecule has 5 heteroatoms. The third-order valence-corrected chi connectivity index (χ3v) is 5.48. The van der Waals surface area contributed by atoms with Crippen LogP contribution in [0, 0.1) is 18.6 Å². The Hall–Kier alpha value is -1.85. The molecule has 0 saturated carbocycles. The zero-order chi connectivity index (χ0) is 16.7. The van der Waals surface area contributed by atoms with Crippen molar-refractivity contribution in [2.45, 2.75) is 24.8 Å². The van der Waals surface area contributed by atoms with E-state index in [-0.39, 0.29) is 11.6 Å². The summed E-state index contributed by atoms with van der Waals surface area (Å²) in [6.45, 7) is 3.97. The van der Waals surface area contributed by atoms with Gasteiger partial charge in [0.2, 0.25) is 0 Å². The number of rotatable bonds is 3. The van der Waals surface area contributed by atoms with Crippen LogP contribution in [0.4, 0.5) is 8.78 Å². The molecule has 0 atom stereocenters. The van der Waals surface area contributed by atoms with Gasteiger partial charge in [-0.25, -0.2) is 13.1 Å². The van der Waals surface area contributed by atoms with Gasteiger partial charge in [-0.2, -0.15) is 0 Å². The lowest BCUT2D eigenvalue weighted by Crippen LogP contribution is -2.08. The summed E-state index contributed by atoms with van der Waals surface area (Å²) in [5, 5.41) is 1.73. The molecule has 3 aromatic rings. The number of aryl methyl sites for hydroxylation is 1. The molecule has 1 aromatic heterocycles. The number of nitrogens with one attached hydrogen (secondary N) is 1. The fraction of sp³-hybridized carbons (Fsp3) is 0.263. The molecule has 0 radical (unpaired) electrons. The molecule has 1 fully saturated rings. The van der Waals surface area contributed by atoms with Gasteiger partial charge in [0.05, 0.1) is 10.5 Å². The molecule has 1 aliphatic rings. The first kappa shape index (κ1) is 15.7. The summed E-state index contributed by atoms with van der Waals surface area (Å²) >= 11 is 1.64. The minimum atomic E-state index is -0.286. The minimum Gasteiger partial charge on any atom is -0.346 e. The van der Waals surface area contributed by atoms with E-state index in [9.17, 15) is 8.78 Å². The topological polar surface area (TPSA) is 19.0 Å². The average Bonchev–Trinajstić information content (AvgIpc) is 3.18. The summed E-state index contributed by atoms with van der Waals surface area (Å²) < 4.78 is 30.4. The first-order valence-electron chi connectivity index (χ1n) is 8.12. The Labute approximate surface area is 144 Å². The van der Waals surface area contributed by atoms with Crippen LogP contribution in [0.2, 0.25) is 0 Å². The van der Waals surface area contributed by atoms with Crippen molar-refractivity contribution < 1.29 is 8.78 Å². The largest absolute Gasteiger partial charge is 0.346 e. The van der Waals surface area contributed by atoms with Crippen LogP contribution in [-0.4, -0.2) is 22.4 Å². The molecular formula is C19H18F2N2S. The van der Waals surface area contributed by atoms with Crippen molar-refractivity contribution in [2.24, 2.45) is 0 Å². The highest BCUT2D eigenvalue weighted by atomic mass is 32.2. The standard InChI is InChI=1S/C19H18F2N2S/c1-12-9-16(21)19-15(18(12)13-5-4-6-14(20)10-13)11-17(22-19)24-23-7-2-3-8-23/h4-6,9-11,22H,2-3,7-8H2,1H3. The lowest BCUT2D eigenvalue weighted by Gasteiger charge is -2.10. The zero-order valence-electron chi connectivity index (χ0n) is 13.4. The molecular weight excluding hydrogens is 326 g/mol. The number of hydrogen-bond acceptors (Lipinski definition) is 2. The van der Waals surface area contributed by atoms with Crippen LogP contribution in [0.25, 0.3) is 22.0 Å². The quantitative estimate of drug-likeness (QED) is 0.631. The van der Waals surface area contributed by atoms with Gasteiger partial charge >= 0.3 is 0 Å². The van der Waals surface area contributed by atoms with Gasteiger partial charge in [-0.1, -0.05) is 12.1 Å². The van der Waals surface area contributed by atoms with Crippen molar-refractivity contribution in [1.29, 1.82) is 0 Å². The number of halogens is 2. The van der Waals surface area contributed by atoms with E-state index in [0.29, 0.717) is 5.52 Å². The van der Waals surface area contributed by atoms with Gasteiger partial charge in [-0.05, 0) is 72.7 Å². The molecule has 4 rings (SSSR count). The van der Waals surface area contributed by atoms with E-state index in [2.05, 4.69) is 9.29 Å². The predicted molar refractivity (Wildman–Crippen MR) is 95.1 cm³/mol. The lowest BCUT2D eigenvalue weighted by molar-refractivity contribution is 0.585. The molecule has 0 amide bonds. The van der Waals surface area contributed by atoms with Crippen LogP contribution in [-0.2, 0) is 0 Å². The summed E-state index contributed by atoms with van der Waals surface area (Å²) in [7, 11) is 0.